The van der Waals surface area contributed by atoms with Crippen LogP contribution in [-0.4, -0.2) is 34.0 Å². The summed E-state index contributed by atoms with van der Waals surface area (Å²) in [5.41, 5.74) is 0. The third-order valence-corrected chi connectivity index (χ3v) is 4.37. The Kier molecular flexibility index (Phi) is 3.53. The molecule has 0 radical (unpaired) electrons. The Hall–Kier alpha value is -1.39. The zero-order chi connectivity index (χ0) is 13.2. The smallest absolute Gasteiger partial charge is 0.231 e. The van der Waals surface area contributed by atoms with Gasteiger partial charge in [0.15, 0.2) is 5.82 Å². The van der Waals surface area contributed by atoms with Gasteiger partial charge in [-0.3, -0.25) is 4.79 Å². The van der Waals surface area contributed by atoms with Gasteiger partial charge in [0.25, 0.3) is 0 Å². The number of nitrogens with zero attached hydrogens (tertiary/aromatic N) is 3. The molecular formula is C14H21N3O2. The minimum absolute atomic E-state index is 0.220. The first-order valence-electron chi connectivity index (χ1n) is 7.39. The Balaban J connectivity index is 1.65. The Labute approximate surface area is 113 Å². The normalized spacial score (nSPS) is 24.3. The third kappa shape index (κ3) is 2.51. The van der Waals surface area contributed by atoms with Gasteiger partial charge < -0.3 is 9.42 Å². The van der Waals surface area contributed by atoms with Gasteiger partial charge in [0, 0.05) is 25.4 Å². The topological polar surface area (TPSA) is 59.2 Å². The maximum absolute atomic E-state index is 11.7. The van der Waals surface area contributed by atoms with E-state index in [0.29, 0.717) is 12.3 Å². The molecule has 5 nitrogen and oxygen atoms in total. The molecule has 104 valence electrons. The first kappa shape index (κ1) is 12.6. The van der Waals surface area contributed by atoms with Crippen LogP contribution in [0.15, 0.2) is 4.52 Å². The molecule has 0 spiro atoms. The van der Waals surface area contributed by atoms with E-state index < -0.39 is 0 Å². The lowest BCUT2D eigenvalue weighted by Crippen LogP contribution is -2.27. The summed E-state index contributed by atoms with van der Waals surface area (Å²) in [6, 6.07) is 0. The van der Waals surface area contributed by atoms with Gasteiger partial charge in [-0.05, 0) is 19.3 Å². The molecule has 2 aliphatic rings. The number of hydrogen-bond acceptors (Lipinski definition) is 4. The van der Waals surface area contributed by atoms with E-state index >= 15 is 0 Å². The highest BCUT2D eigenvalue weighted by Crippen LogP contribution is 2.34. The number of carbonyl (C=O) groups is 1. The fourth-order valence-corrected chi connectivity index (χ4v) is 3.17. The van der Waals surface area contributed by atoms with Crippen LogP contribution in [0.4, 0.5) is 0 Å². The first-order chi connectivity index (χ1) is 9.28. The van der Waals surface area contributed by atoms with E-state index in [-0.39, 0.29) is 11.8 Å². The summed E-state index contributed by atoms with van der Waals surface area (Å²) < 4.78 is 5.42. The zero-order valence-corrected chi connectivity index (χ0v) is 11.5. The molecule has 1 amide bonds. The fraction of sp³-hybridized carbons (Fsp3) is 0.786. The Bertz CT molecular complexity index is 451. The van der Waals surface area contributed by atoms with E-state index in [1.54, 1.807) is 0 Å². The van der Waals surface area contributed by atoms with Crippen molar-refractivity contribution >= 4 is 5.91 Å². The highest BCUT2D eigenvalue weighted by atomic mass is 16.5. The summed E-state index contributed by atoms with van der Waals surface area (Å²) >= 11 is 0. The van der Waals surface area contributed by atoms with Crippen LogP contribution in [0.5, 0.6) is 0 Å². The Morgan fingerprint density at radius 1 is 1.32 bits per heavy atom. The van der Waals surface area contributed by atoms with E-state index in [2.05, 4.69) is 10.1 Å². The second-order valence-corrected chi connectivity index (χ2v) is 5.65. The number of hydrogen-bond donors (Lipinski definition) is 0. The molecule has 5 heteroatoms. The molecule has 1 aliphatic carbocycles. The van der Waals surface area contributed by atoms with E-state index in [1.807, 2.05) is 11.8 Å². The molecule has 1 atom stereocenters. The second kappa shape index (κ2) is 5.31. The quantitative estimate of drug-likeness (QED) is 0.840. The van der Waals surface area contributed by atoms with E-state index in [0.717, 1.165) is 31.2 Å². The molecule has 3 rings (SSSR count). The van der Waals surface area contributed by atoms with Crippen molar-refractivity contribution in [1.82, 2.24) is 15.0 Å². The molecule has 1 saturated carbocycles. The van der Waals surface area contributed by atoms with E-state index in [4.69, 9.17) is 4.52 Å². The molecule has 2 fully saturated rings. The number of likely N-dealkylation sites (tertiary alicyclic amines) is 1. The summed E-state index contributed by atoms with van der Waals surface area (Å²) in [6.07, 6.45) is 6.43. The van der Waals surface area contributed by atoms with Crippen molar-refractivity contribution in [3.63, 3.8) is 0 Å². The van der Waals surface area contributed by atoms with Crippen molar-refractivity contribution in [2.45, 2.75) is 57.3 Å². The zero-order valence-electron chi connectivity index (χ0n) is 11.5. The molecule has 0 unspecified atom stereocenters. The van der Waals surface area contributed by atoms with Crippen molar-refractivity contribution < 1.29 is 9.32 Å². The monoisotopic (exact) mass is 263 g/mol. The van der Waals surface area contributed by atoms with Gasteiger partial charge in [0.1, 0.15) is 0 Å². The highest BCUT2D eigenvalue weighted by molar-refractivity contribution is 5.76. The van der Waals surface area contributed by atoms with Crippen molar-refractivity contribution in [2.75, 3.05) is 13.1 Å². The van der Waals surface area contributed by atoms with Crippen LogP contribution in [0, 0.1) is 0 Å². The van der Waals surface area contributed by atoms with Gasteiger partial charge in [0.05, 0.1) is 5.92 Å². The van der Waals surface area contributed by atoms with Gasteiger partial charge in [0.2, 0.25) is 11.8 Å². The summed E-state index contributed by atoms with van der Waals surface area (Å²) in [4.78, 5) is 18.1. The lowest BCUT2D eigenvalue weighted by atomic mass is 10.1. The number of rotatable bonds is 3. The fourth-order valence-electron chi connectivity index (χ4n) is 3.17. The molecule has 2 heterocycles. The van der Waals surface area contributed by atoms with Crippen LogP contribution >= 0.6 is 0 Å². The van der Waals surface area contributed by atoms with Crippen molar-refractivity contribution in [1.29, 1.82) is 0 Å². The maximum atomic E-state index is 11.7. The van der Waals surface area contributed by atoms with Gasteiger partial charge in [-0.15, -0.1) is 0 Å². The lowest BCUT2D eigenvalue weighted by Gasteiger charge is -2.13. The molecule has 0 N–H and O–H groups in total. The minimum atomic E-state index is 0.220. The predicted octanol–water partition coefficient (Wildman–Crippen LogP) is 2.45. The van der Waals surface area contributed by atoms with Crippen LogP contribution in [-0.2, 0) is 4.79 Å². The van der Waals surface area contributed by atoms with E-state index in [9.17, 15) is 4.79 Å². The number of aromatic nitrogens is 2. The summed E-state index contributed by atoms with van der Waals surface area (Å²) in [5.74, 6) is 2.56. The molecule has 0 bridgehead atoms. The van der Waals surface area contributed by atoms with Crippen LogP contribution in [0.1, 0.15) is 69.0 Å². The standard InChI is InChI=1S/C14H21N3O2/c1-2-12(18)17-8-7-11(9-17)14-15-13(16-19-14)10-5-3-4-6-10/h10-11H,2-9H2,1H3/t11-/m0/s1. The van der Waals surface area contributed by atoms with Crippen LogP contribution < -0.4 is 0 Å². The summed E-state index contributed by atoms with van der Waals surface area (Å²) in [7, 11) is 0. The van der Waals surface area contributed by atoms with Gasteiger partial charge in [-0.1, -0.05) is 24.9 Å². The Morgan fingerprint density at radius 2 is 2.11 bits per heavy atom. The SMILES string of the molecule is CCC(=O)N1CC[C@H](c2nc(C3CCCC3)no2)C1. The summed E-state index contributed by atoms with van der Waals surface area (Å²) in [5, 5.41) is 4.14. The molecule has 19 heavy (non-hydrogen) atoms. The second-order valence-electron chi connectivity index (χ2n) is 5.65. The lowest BCUT2D eigenvalue weighted by molar-refractivity contribution is -0.129. The molecule has 0 aromatic carbocycles. The third-order valence-electron chi connectivity index (χ3n) is 4.37. The molecule has 1 aliphatic heterocycles. The van der Waals surface area contributed by atoms with Crippen molar-refractivity contribution in [3.05, 3.63) is 11.7 Å². The predicted molar refractivity (Wildman–Crippen MR) is 69.7 cm³/mol. The Morgan fingerprint density at radius 3 is 2.84 bits per heavy atom. The first-order valence-corrected chi connectivity index (χ1v) is 7.39. The average molecular weight is 263 g/mol. The molecular weight excluding hydrogens is 242 g/mol. The largest absolute Gasteiger partial charge is 0.342 e. The van der Waals surface area contributed by atoms with Gasteiger partial charge >= 0.3 is 0 Å². The summed E-state index contributed by atoms with van der Waals surface area (Å²) in [6.45, 7) is 3.46. The number of amides is 1. The van der Waals surface area contributed by atoms with Crippen molar-refractivity contribution in [3.8, 4) is 0 Å². The van der Waals surface area contributed by atoms with Crippen molar-refractivity contribution in [2.24, 2.45) is 0 Å². The van der Waals surface area contributed by atoms with Crippen LogP contribution in [0.25, 0.3) is 0 Å². The number of carbonyl (C=O) groups excluding carboxylic acids is 1. The average Bonchev–Trinajstić information content (AvgIpc) is 3.14. The van der Waals surface area contributed by atoms with Gasteiger partial charge in [-0.2, -0.15) is 4.98 Å². The van der Waals surface area contributed by atoms with Gasteiger partial charge in [-0.25, -0.2) is 0 Å². The maximum Gasteiger partial charge on any atom is 0.231 e. The molecule has 1 aromatic rings. The minimum Gasteiger partial charge on any atom is -0.342 e. The molecule has 1 saturated heterocycles. The van der Waals surface area contributed by atoms with Crippen LogP contribution in [0.3, 0.4) is 0 Å². The van der Waals surface area contributed by atoms with E-state index in [1.165, 1.54) is 25.7 Å². The molecule has 1 aromatic heterocycles. The highest BCUT2D eigenvalue weighted by Gasteiger charge is 2.31. The van der Waals surface area contributed by atoms with Crippen LogP contribution in [0.2, 0.25) is 0 Å².